The summed E-state index contributed by atoms with van der Waals surface area (Å²) in [5.41, 5.74) is 0.836. The summed E-state index contributed by atoms with van der Waals surface area (Å²) in [6.45, 7) is 0.110. The fourth-order valence-electron chi connectivity index (χ4n) is 2.09. The SMILES string of the molecule is COc1ccc(Br)cc1CCNS(=O)(=O)c1cc(Cl)cc(Cl)c1O. The lowest BCUT2D eigenvalue weighted by molar-refractivity contribution is 0.409. The molecule has 0 saturated carbocycles. The molecule has 5 nitrogen and oxygen atoms in total. The van der Waals surface area contributed by atoms with Crippen LogP contribution < -0.4 is 9.46 Å². The third kappa shape index (κ3) is 4.55. The molecule has 0 aliphatic rings. The van der Waals surface area contributed by atoms with Gasteiger partial charge < -0.3 is 9.84 Å². The van der Waals surface area contributed by atoms with E-state index < -0.39 is 15.8 Å². The van der Waals surface area contributed by atoms with Crippen LogP contribution in [0.4, 0.5) is 0 Å². The molecule has 0 amide bonds. The molecule has 0 aliphatic heterocycles. The minimum Gasteiger partial charge on any atom is -0.505 e. The lowest BCUT2D eigenvalue weighted by Crippen LogP contribution is -2.26. The number of rotatable bonds is 6. The summed E-state index contributed by atoms with van der Waals surface area (Å²) in [5.74, 6) is 0.125. The maximum atomic E-state index is 12.3. The summed E-state index contributed by atoms with van der Waals surface area (Å²) in [5, 5.41) is 9.85. The van der Waals surface area contributed by atoms with E-state index in [9.17, 15) is 13.5 Å². The molecule has 0 fully saturated rings. The maximum Gasteiger partial charge on any atom is 0.244 e. The van der Waals surface area contributed by atoms with E-state index in [0.29, 0.717) is 12.2 Å². The second kappa shape index (κ2) is 7.93. The fraction of sp³-hybridized carbons (Fsp3) is 0.200. The molecule has 0 atom stereocenters. The van der Waals surface area contributed by atoms with Crippen LogP contribution in [0, 0.1) is 0 Å². The third-order valence-electron chi connectivity index (χ3n) is 3.21. The normalized spacial score (nSPS) is 11.5. The zero-order chi connectivity index (χ0) is 17.9. The summed E-state index contributed by atoms with van der Waals surface area (Å²) in [6.07, 6.45) is 0.400. The first kappa shape index (κ1) is 19.3. The van der Waals surface area contributed by atoms with Gasteiger partial charge in [-0.15, -0.1) is 0 Å². The number of benzene rings is 2. The predicted octanol–water partition coefficient (Wildman–Crippen LogP) is 3.99. The van der Waals surface area contributed by atoms with Crippen molar-refractivity contribution in [2.24, 2.45) is 0 Å². The van der Waals surface area contributed by atoms with E-state index >= 15 is 0 Å². The number of ether oxygens (including phenoxy) is 1. The van der Waals surface area contributed by atoms with Crippen LogP contribution in [0.5, 0.6) is 11.5 Å². The molecule has 0 heterocycles. The molecule has 2 rings (SSSR count). The number of aromatic hydroxyl groups is 1. The number of hydrogen-bond donors (Lipinski definition) is 2. The van der Waals surface area contributed by atoms with Crippen LogP contribution in [0.1, 0.15) is 5.56 Å². The molecular formula is C15H14BrCl2NO4S. The fourth-order valence-corrected chi connectivity index (χ4v) is 4.28. The predicted molar refractivity (Wildman–Crippen MR) is 97.7 cm³/mol. The third-order valence-corrected chi connectivity index (χ3v) is 5.69. The lowest BCUT2D eigenvalue weighted by atomic mass is 10.1. The van der Waals surface area contributed by atoms with Gasteiger partial charge in [0, 0.05) is 16.0 Å². The Balaban J connectivity index is 2.16. The quantitative estimate of drug-likeness (QED) is 0.691. The lowest BCUT2D eigenvalue weighted by Gasteiger charge is -2.12. The zero-order valence-electron chi connectivity index (χ0n) is 12.5. The van der Waals surface area contributed by atoms with Gasteiger partial charge in [0.2, 0.25) is 10.0 Å². The molecule has 2 aromatic carbocycles. The van der Waals surface area contributed by atoms with Crippen molar-refractivity contribution in [1.29, 1.82) is 0 Å². The van der Waals surface area contributed by atoms with Crippen molar-refractivity contribution in [3.8, 4) is 11.5 Å². The van der Waals surface area contributed by atoms with Crippen LogP contribution in [-0.4, -0.2) is 27.2 Å². The number of nitrogens with one attached hydrogen (secondary N) is 1. The molecule has 0 unspecified atom stereocenters. The molecule has 2 N–H and O–H groups in total. The van der Waals surface area contributed by atoms with Gasteiger partial charge in [-0.25, -0.2) is 13.1 Å². The highest BCUT2D eigenvalue weighted by Crippen LogP contribution is 2.34. The van der Waals surface area contributed by atoms with E-state index in [-0.39, 0.29) is 21.5 Å². The van der Waals surface area contributed by atoms with Gasteiger partial charge in [-0.2, -0.15) is 0 Å². The Morgan fingerprint density at radius 1 is 1.25 bits per heavy atom. The first-order valence-electron chi connectivity index (χ1n) is 6.74. The summed E-state index contributed by atoms with van der Waals surface area (Å²) in [7, 11) is -2.41. The standard InChI is InChI=1S/C15H14BrCl2NO4S/c1-23-13-3-2-10(16)6-9(13)4-5-19-24(21,22)14-8-11(17)7-12(18)15(14)20/h2-3,6-8,19-20H,4-5H2,1H3. The molecular weight excluding hydrogens is 441 g/mol. The van der Waals surface area contributed by atoms with E-state index in [1.54, 1.807) is 13.2 Å². The molecule has 0 aliphatic carbocycles. The van der Waals surface area contributed by atoms with Crippen molar-refractivity contribution in [3.05, 3.63) is 50.4 Å². The highest BCUT2D eigenvalue weighted by Gasteiger charge is 2.21. The average molecular weight is 455 g/mol. The zero-order valence-corrected chi connectivity index (χ0v) is 16.4. The molecule has 0 spiro atoms. The second-order valence-electron chi connectivity index (χ2n) is 4.84. The number of phenols is 1. The van der Waals surface area contributed by atoms with E-state index in [4.69, 9.17) is 27.9 Å². The highest BCUT2D eigenvalue weighted by atomic mass is 79.9. The van der Waals surface area contributed by atoms with Crippen molar-refractivity contribution in [1.82, 2.24) is 4.72 Å². The van der Waals surface area contributed by atoms with Crippen LogP contribution in [-0.2, 0) is 16.4 Å². The van der Waals surface area contributed by atoms with E-state index in [2.05, 4.69) is 20.7 Å². The largest absolute Gasteiger partial charge is 0.505 e. The Labute approximate surface area is 158 Å². The summed E-state index contributed by atoms with van der Waals surface area (Å²) in [6, 6.07) is 7.88. The first-order chi connectivity index (χ1) is 11.2. The number of methoxy groups -OCH3 is 1. The van der Waals surface area contributed by atoms with E-state index in [0.717, 1.165) is 16.1 Å². The van der Waals surface area contributed by atoms with E-state index in [1.807, 2.05) is 12.1 Å². The molecule has 130 valence electrons. The summed E-state index contributed by atoms with van der Waals surface area (Å²) < 4.78 is 33.2. The molecule has 9 heteroatoms. The topological polar surface area (TPSA) is 75.6 Å². The van der Waals surface area contributed by atoms with Gasteiger partial charge in [-0.05, 0) is 42.3 Å². The molecule has 0 bridgehead atoms. The Kier molecular flexibility index (Phi) is 6.39. The Bertz CT molecular complexity index is 859. The monoisotopic (exact) mass is 453 g/mol. The van der Waals surface area contributed by atoms with Gasteiger partial charge in [-0.3, -0.25) is 0 Å². The Morgan fingerprint density at radius 3 is 2.62 bits per heavy atom. The van der Waals surface area contributed by atoms with Gasteiger partial charge >= 0.3 is 0 Å². The number of phenolic OH excluding ortho intramolecular Hbond substituents is 1. The van der Waals surface area contributed by atoms with Crippen molar-refractivity contribution >= 4 is 49.2 Å². The summed E-state index contributed by atoms with van der Waals surface area (Å²) >= 11 is 14.9. The van der Waals surface area contributed by atoms with Crippen molar-refractivity contribution in [3.63, 3.8) is 0 Å². The van der Waals surface area contributed by atoms with Crippen LogP contribution in [0.25, 0.3) is 0 Å². The Hall–Kier alpha value is -0.990. The van der Waals surface area contributed by atoms with Crippen molar-refractivity contribution < 1.29 is 18.3 Å². The average Bonchev–Trinajstić information content (AvgIpc) is 2.51. The van der Waals surface area contributed by atoms with Gasteiger partial charge in [0.25, 0.3) is 0 Å². The van der Waals surface area contributed by atoms with Gasteiger partial charge in [0.15, 0.2) is 5.75 Å². The highest BCUT2D eigenvalue weighted by molar-refractivity contribution is 9.10. The first-order valence-corrected chi connectivity index (χ1v) is 9.78. The van der Waals surface area contributed by atoms with Gasteiger partial charge in [0.05, 0.1) is 12.1 Å². The van der Waals surface area contributed by atoms with Gasteiger partial charge in [0.1, 0.15) is 10.6 Å². The minimum absolute atomic E-state index is 0.110. The Morgan fingerprint density at radius 2 is 1.96 bits per heavy atom. The van der Waals surface area contributed by atoms with Gasteiger partial charge in [-0.1, -0.05) is 39.1 Å². The smallest absolute Gasteiger partial charge is 0.244 e. The number of sulfonamides is 1. The minimum atomic E-state index is -3.96. The molecule has 2 aromatic rings. The number of halogens is 3. The molecule has 24 heavy (non-hydrogen) atoms. The van der Waals surface area contributed by atoms with Crippen LogP contribution >= 0.6 is 39.1 Å². The van der Waals surface area contributed by atoms with E-state index in [1.165, 1.54) is 6.07 Å². The maximum absolute atomic E-state index is 12.3. The molecule has 0 saturated heterocycles. The second-order valence-corrected chi connectivity index (χ2v) is 8.33. The van der Waals surface area contributed by atoms with Crippen LogP contribution in [0.15, 0.2) is 39.7 Å². The van der Waals surface area contributed by atoms with Crippen molar-refractivity contribution in [2.75, 3.05) is 13.7 Å². The van der Waals surface area contributed by atoms with Crippen molar-refractivity contribution in [2.45, 2.75) is 11.3 Å². The van der Waals surface area contributed by atoms with Crippen LogP contribution in [0.3, 0.4) is 0 Å². The molecule has 0 aromatic heterocycles. The summed E-state index contributed by atoms with van der Waals surface area (Å²) in [4.78, 5) is -0.360. The number of hydrogen-bond acceptors (Lipinski definition) is 4. The van der Waals surface area contributed by atoms with Crippen LogP contribution in [0.2, 0.25) is 10.0 Å². The molecule has 0 radical (unpaired) electrons.